The Hall–Kier alpha value is -1.05. The highest BCUT2D eigenvalue weighted by Gasteiger charge is 2.23. The highest BCUT2D eigenvalue weighted by atomic mass is 79.9. The minimum Gasteiger partial charge on any atom is -0.496 e. The largest absolute Gasteiger partial charge is 0.496 e. The summed E-state index contributed by atoms with van der Waals surface area (Å²) in [5.74, 6) is 0.841. The van der Waals surface area contributed by atoms with Gasteiger partial charge in [0.2, 0.25) is 0 Å². The molecule has 0 N–H and O–H groups in total. The molecule has 0 aliphatic carbocycles. The molecule has 1 aromatic carbocycles. The molecule has 3 nitrogen and oxygen atoms in total. The summed E-state index contributed by atoms with van der Waals surface area (Å²) in [6, 6.07) is 8.17. The molecule has 0 aromatic heterocycles. The van der Waals surface area contributed by atoms with Crippen molar-refractivity contribution in [2.75, 3.05) is 14.2 Å². The third-order valence-electron chi connectivity index (χ3n) is 2.88. The Morgan fingerprint density at radius 3 is 2.65 bits per heavy atom. The van der Waals surface area contributed by atoms with Gasteiger partial charge in [0, 0.05) is 16.6 Å². The second-order valence-electron chi connectivity index (χ2n) is 4.48. The molecule has 1 rings (SSSR count). The van der Waals surface area contributed by atoms with Crippen molar-refractivity contribution in [1.29, 1.82) is 5.26 Å². The van der Waals surface area contributed by atoms with Crippen molar-refractivity contribution in [1.82, 2.24) is 4.90 Å². The molecule has 0 aliphatic heterocycles. The van der Waals surface area contributed by atoms with Crippen molar-refractivity contribution in [3.8, 4) is 11.8 Å². The van der Waals surface area contributed by atoms with E-state index in [4.69, 9.17) is 10.00 Å². The lowest BCUT2D eigenvalue weighted by atomic mass is 10.0. The van der Waals surface area contributed by atoms with Crippen molar-refractivity contribution >= 4 is 15.9 Å². The Balaban J connectivity index is 2.95. The van der Waals surface area contributed by atoms with Gasteiger partial charge in [0.15, 0.2) is 0 Å². The van der Waals surface area contributed by atoms with E-state index in [0.29, 0.717) is 6.54 Å². The summed E-state index contributed by atoms with van der Waals surface area (Å²) in [5, 5.41) is 9.09. The molecule has 17 heavy (non-hydrogen) atoms. The zero-order valence-corrected chi connectivity index (χ0v) is 12.2. The zero-order chi connectivity index (χ0) is 13.1. The predicted molar refractivity (Wildman–Crippen MR) is 71.9 cm³/mol. The predicted octanol–water partition coefficient (Wildman–Crippen LogP) is 3.19. The number of hydrogen-bond acceptors (Lipinski definition) is 3. The quantitative estimate of drug-likeness (QED) is 0.856. The fourth-order valence-corrected chi connectivity index (χ4v) is 1.82. The average molecular weight is 297 g/mol. The standard InChI is InChI=1S/C13H17BrN2O/c1-13(2,9-15)16(3)8-10-7-11(14)5-6-12(10)17-4/h5-7H,8H2,1-4H3. The minimum atomic E-state index is -0.493. The van der Waals surface area contributed by atoms with Crippen LogP contribution in [0.4, 0.5) is 0 Å². The molecule has 0 amide bonds. The van der Waals surface area contributed by atoms with Crippen LogP contribution >= 0.6 is 15.9 Å². The maximum atomic E-state index is 9.09. The normalized spacial score (nSPS) is 11.4. The highest BCUT2D eigenvalue weighted by Crippen LogP contribution is 2.26. The van der Waals surface area contributed by atoms with Gasteiger partial charge in [-0.1, -0.05) is 15.9 Å². The summed E-state index contributed by atoms with van der Waals surface area (Å²) in [6.45, 7) is 4.47. The summed E-state index contributed by atoms with van der Waals surface area (Å²) in [5.41, 5.74) is 0.570. The fourth-order valence-electron chi connectivity index (χ4n) is 1.41. The van der Waals surface area contributed by atoms with E-state index in [1.807, 2.05) is 44.0 Å². The number of benzene rings is 1. The van der Waals surface area contributed by atoms with E-state index in [-0.39, 0.29) is 0 Å². The smallest absolute Gasteiger partial charge is 0.123 e. The Morgan fingerprint density at radius 1 is 1.47 bits per heavy atom. The van der Waals surface area contributed by atoms with Gasteiger partial charge >= 0.3 is 0 Å². The summed E-state index contributed by atoms with van der Waals surface area (Å²) in [7, 11) is 3.59. The van der Waals surface area contributed by atoms with Crippen molar-refractivity contribution < 1.29 is 4.74 Å². The number of nitrogens with zero attached hydrogens (tertiary/aromatic N) is 2. The van der Waals surface area contributed by atoms with Crippen molar-refractivity contribution in [3.05, 3.63) is 28.2 Å². The molecule has 0 spiro atoms. The van der Waals surface area contributed by atoms with E-state index in [2.05, 4.69) is 22.0 Å². The van der Waals surface area contributed by atoms with Gasteiger partial charge in [-0.15, -0.1) is 0 Å². The first kappa shape index (κ1) is 14.0. The van der Waals surface area contributed by atoms with E-state index in [9.17, 15) is 0 Å². The van der Waals surface area contributed by atoms with Gasteiger partial charge in [-0.05, 0) is 39.1 Å². The average Bonchev–Trinajstić information content (AvgIpc) is 2.29. The highest BCUT2D eigenvalue weighted by molar-refractivity contribution is 9.10. The van der Waals surface area contributed by atoms with Crippen LogP contribution in [0.25, 0.3) is 0 Å². The van der Waals surface area contributed by atoms with Gasteiger partial charge in [-0.2, -0.15) is 5.26 Å². The number of methoxy groups -OCH3 is 1. The van der Waals surface area contributed by atoms with Crippen LogP contribution in [0, 0.1) is 11.3 Å². The molecule has 0 saturated heterocycles. The van der Waals surface area contributed by atoms with Gasteiger partial charge in [0.25, 0.3) is 0 Å². The van der Waals surface area contributed by atoms with E-state index in [1.165, 1.54) is 0 Å². The molecule has 0 bridgehead atoms. The van der Waals surface area contributed by atoms with Crippen LogP contribution in [-0.4, -0.2) is 24.6 Å². The SMILES string of the molecule is COc1ccc(Br)cc1CN(C)C(C)(C)C#N. The van der Waals surface area contributed by atoms with Crippen LogP contribution in [-0.2, 0) is 6.54 Å². The van der Waals surface area contributed by atoms with Gasteiger partial charge < -0.3 is 4.74 Å². The van der Waals surface area contributed by atoms with Crippen LogP contribution in [0.3, 0.4) is 0 Å². The lowest BCUT2D eigenvalue weighted by Gasteiger charge is -2.29. The topological polar surface area (TPSA) is 36.3 Å². The first-order valence-corrected chi connectivity index (χ1v) is 6.15. The lowest BCUT2D eigenvalue weighted by molar-refractivity contribution is 0.200. The molecule has 0 heterocycles. The molecule has 0 radical (unpaired) electrons. The summed E-state index contributed by atoms with van der Waals surface area (Å²) < 4.78 is 6.33. The minimum absolute atomic E-state index is 0.493. The third-order valence-corrected chi connectivity index (χ3v) is 3.37. The van der Waals surface area contributed by atoms with Crippen molar-refractivity contribution in [2.45, 2.75) is 25.9 Å². The molecular weight excluding hydrogens is 280 g/mol. The molecule has 92 valence electrons. The number of halogens is 1. The molecule has 4 heteroatoms. The molecule has 1 aromatic rings. The molecule has 0 fully saturated rings. The Morgan fingerprint density at radius 2 is 2.12 bits per heavy atom. The van der Waals surface area contributed by atoms with Gasteiger partial charge in [-0.3, -0.25) is 4.90 Å². The number of rotatable bonds is 4. The van der Waals surface area contributed by atoms with E-state index in [1.54, 1.807) is 7.11 Å². The Labute approximate surface area is 111 Å². The molecular formula is C13H17BrN2O. The number of ether oxygens (including phenoxy) is 1. The maximum Gasteiger partial charge on any atom is 0.123 e. The Bertz CT molecular complexity index is 438. The number of nitriles is 1. The maximum absolute atomic E-state index is 9.09. The van der Waals surface area contributed by atoms with Crippen molar-refractivity contribution in [2.24, 2.45) is 0 Å². The summed E-state index contributed by atoms with van der Waals surface area (Å²) >= 11 is 3.44. The van der Waals surface area contributed by atoms with Crippen LogP contribution in [0.2, 0.25) is 0 Å². The van der Waals surface area contributed by atoms with Gasteiger partial charge in [0.05, 0.1) is 13.2 Å². The molecule has 0 atom stereocenters. The van der Waals surface area contributed by atoms with Crippen LogP contribution in [0.5, 0.6) is 5.75 Å². The first-order valence-electron chi connectivity index (χ1n) is 5.35. The third kappa shape index (κ3) is 3.45. The summed E-state index contributed by atoms with van der Waals surface area (Å²) in [6.07, 6.45) is 0. The lowest BCUT2D eigenvalue weighted by Crippen LogP contribution is -2.39. The monoisotopic (exact) mass is 296 g/mol. The van der Waals surface area contributed by atoms with Crippen LogP contribution in [0.15, 0.2) is 22.7 Å². The summed E-state index contributed by atoms with van der Waals surface area (Å²) in [4.78, 5) is 2.00. The van der Waals surface area contributed by atoms with E-state index >= 15 is 0 Å². The molecule has 0 saturated carbocycles. The second kappa shape index (κ2) is 5.52. The zero-order valence-electron chi connectivity index (χ0n) is 10.6. The van der Waals surface area contributed by atoms with Gasteiger partial charge in [-0.25, -0.2) is 0 Å². The van der Waals surface area contributed by atoms with Crippen LogP contribution in [0.1, 0.15) is 19.4 Å². The molecule has 0 unspecified atom stereocenters. The first-order chi connectivity index (χ1) is 7.90. The van der Waals surface area contributed by atoms with Crippen molar-refractivity contribution in [3.63, 3.8) is 0 Å². The second-order valence-corrected chi connectivity index (χ2v) is 5.40. The van der Waals surface area contributed by atoms with Gasteiger partial charge in [0.1, 0.15) is 11.3 Å². The van der Waals surface area contributed by atoms with Crippen LogP contribution < -0.4 is 4.74 Å². The fraction of sp³-hybridized carbons (Fsp3) is 0.462. The van der Waals surface area contributed by atoms with E-state index < -0.39 is 5.54 Å². The van der Waals surface area contributed by atoms with E-state index in [0.717, 1.165) is 15.8 Å². The number of hydrogen-bond donors (Lipinski definition) is 0. The Kier molecular flexibility index (Phi) is 4.55. The molecule has 0 aliphatic rings.